The monoisotopic (exact) mass is 416 g/mol. The Bertz CT molecular complexity index is 939. The van der Waals surface area contributed by atoms with Crippen molar-refractivity contribution in [1.82, 2.24) is 0 Å². The number of ether oxygens (including phenoxy) is 2. The van der Waals surface area contributed by atoms with Crippen molar-refractivity contribution >= 4 is 40.9 Å². The molecule has 0 unspecified atom stereocenters. The Morgan fingerprint density at radius 2 is 1.86 bits per heavy atom. The number of halogens is 1. The minimum absolute atomic E-state index is 0.0472. The molecule has 2 rings (SSSR count). The fraction of sp³-hybridized carbons (Fsp3) is 0.273. The molecule has 0 fully saturated rings. The normalized spacial score (nSPS) is 10.9. The summed E-state index contributed by atoms with van der Waals surface area (Å²) in [6.07, 6.45) is 3.00. The molecule has 7 heteroatoms. The SMILES string of the molecule is COc1cc(/C=C/C(=O)Nc2ccc(NC(C)=O)c(C)c2)cc(Cl)c1OC(C)C. The van der Waals surface area contributed by atoms with Gasteiger partial charge in [0.25, 0.3) is 0 Å². The van der Waals surface area contributed by atoms with Crippen LogP contribution in [0.15, 0.2) is 36.4 Å². The van der Waals surface area contributed by atoms with Crippen LogP contribution in [-0.4, -0.2) is 25.0 Å². The molecule has 154 valence electrons. The molecule has 0 heterocycles. The standard InChI is InChI=1S/C22H25ClN2O4/c1-13(2)29-22-18(23)11-16(12-20(22)28-5)6-9-21(27)25-17-7-8-19(14(3)10-17)24-15(4)26/h6-13H,1-5H3,(H,24,26)(H,25,27)/b9-6+. The number of amides is 2. The van der Waals surface area contributed by atoms with E-state index in [0.29, 0.717) is 33.5 Å². The van der Waals surface area contributed by atoms with Gasteiger partial charge in [-0.15, -0.1) is 0 Å². The largest absolute Gasteiger partial charge is 0.493 e. The first-order chi connectivity index (χ1) is 13.7. The van der Waals surface area contributed by atoms with E-state index in [0.717, 1.165) is 5.56 Å². The molecule has 2 aromatic rings. The summed E-state index contributed by atoms with van der Waals surface area (Å²) in [4.78, 5) is 23.4. The lowest BCUT2D eigenvalue weighted by Gasteiger charge is -2.15. The minimum atomic E-state index is -0.297. The van der Waals surface area contributed by atoms with Gasteiger partial charge in [-0.2, -0.15) is 0 Å². The number of hydrogen-bond donors (Lipinski definition) is 2. The van der Waals surface area contributed by atoms with E-state index in [1.807, 2.05) is 20.8 Å². The molecular weight excluding hydrogens is 392 g/mol. The molecule has 0 spiro atoms. The number of carbonyl (C=O) groups excluding carboxylic acids is 2. The van der Waals surface area contributed by atoms with Crippen LogP contribution in [0.4, 0.5) is 11.4 Å². The molecule has 0 radical (unpaired) electrons. The molecular formula is C22H25ClN2O4. The molecule has 0 aromatic heterocycles. The first kappa shape index (κ1) is 22.3. The minimum Gasteiger partial charge on any atom is -0.493 e. The van der Waals surface area contributed by atoms with Gasteiger partial charge in [-0.25, -0.2) is 0 Å². The van der Waals surface area contributed by atoms with Crippen LogP contribution < -0.4 is 20.1 Å². The van der Waals surface area contributed by atoms with Crippen molar-refractivity contribution < 1.29 is 19.1 Å². The number of aryl methyl sites for hydroxylation is 1. The predicted octanol–water partition coefficient (Wildman–Crippen LogP) is 5.05. The Hall–Kier alpha value is -2.99. The molecule has 0 bridgehead atoms. The van der Waals surface area contributed by atoms with E-state index in [4.69, 9.17) is 21.1 Å². The summed E-state index contributed by atoms with van der Waals surface area (Å²) >= 11 is 6.30. The quantitative estimate of drug-likeness (QED) is 0.619. The second-order valence-corrected chi connectivity index (χ2v) is 7.14. The molecule has 6 nitrogen and oxygen atoms in total. The number of carbonyl (C=O) groups is 2. The molecule has 29 heavy (non-hydrogen) atoms. The first-order valence-corrected chi connectivity index (χ1v) is 9.49. The van der Waals surface area contributed by atoms with Crippen LogP contribution in [0, 0.1) is 6.92 Å². The van der Waals surface area contributed by atoms with Crippen molar-refractivity contribution in [2.75, 3.05) is 17.7 Å². The van der Waals surface area contributed by atoms with Crippen LogP contribution in [0.3, 0.4) is 0 Å². The second-order valence-electron chi connectivity index (χ2n) is 6.73. The smallest absolute Gasteiger partial charge is 0.248 e. The van der Waals surface area contributed by atoms with Crippen molar-refractivity contribution in [2.24, 2.45) is 0 Å². The molecule has 0 saturated heterocycles. The highest BCUT2D eigenvalue weighted by Crippen LogP contribution is 2.37. The summed E-state index contributed by atoms with van der Waals surface area (Å²) in [7, 11) is 1.53. The van der Waals surface area contributed by atoms with Crippen molar-refractivity contribution in [3.63, 3.8) is 0 Å². The maximum atomic E-state index is 12.3. The van der Waals surface area contributed by atoms with Gasteiger partial charge < -0.3 is 20.1 Å². The van der Waals surface area contributed by atoms with Crippen LogP contribution in [0.1, 0.15) is 31.9 Å². The van der Waals surface area contributed by atoms with Crippen molar-refractivity contribution in [2.45, 2.75) is 33.8 Å². The van der Waals surface area contributed by atoms with Crippen molar-refractivity contribution in [1.29, 1.82) is 0 Å². The van der Waals surface area contributed by atoms with Gasteiger partial charge in [-0.1, -0.05) is 11.6 Å². The van der Waals surface area contributed by atoms with E-state index in [-0.39, 0.29) is 17.9 Å². The third-order valence-corrected chi connectivity index (χ3v) is 4.12. The van der Waals surface area contributed by atoms with Gasteiger partial charge in [-0.05, 0) is 68.3 Å². The number of anilines is 2. The number of nitrogens with one attached hydrogen (secondary N) is 2. The summed E-state index contributed by atoms with van der Waals surface area (Å²) in [5.74, 6) is 0.525. The number of hydrogen-bond acceptors (Lipinski definition) is 4. The Morgan fingerprint density at radius 1 is 1.14 bits per heavy atom. The molecule has 2 N–H and O–H groups in total. The highest BCUT2D eigenvalue weighted by Gasteiger charge is 2.13. The number of methoxy groups -OCH3 is 1. The third kappa shape index (κ3) is 6.54. The zero-order valence-corrected chi connectivity index (χ0v) is 17.9. The maximum absolute atomic E-state index is 12.3. The molecule has 0 aliphatic rings. The zero-order chi connectivity index (χ0) is 21.6. The van der Waals surface area contributed by atoms with E-state index in [9.17, 15) is 9.59 Å². The van der Waals surface area contributed by atoms with Gasteiger partial charge in [0.1, 0.15) is 0 Å². The van der Waals surface area contributed by atoms with Crippen LogP contribution in [0.25, 0.3) is 6.08 Å². The van der Waals surface area contributed by atoms with Gasteiger partial charge >= 0.3 is 0 Å². The van der Waals surface area contributed by atoms with Gasteiger partial charge in [0.2, 0.25) is 11.8 Å². The molecule has 0 saturated carbocycles. The van der Waals surface area contributed by atoms with Crippen LogP contribution in [-0.2, 0) is 9.59 Å². The van der Waals surface area contributed by atoms with Crippen LogP contribution in [0.2, 0.25) is 5.02 Å². The summed E-state index contributed by atoms with van der Waals surface area (Å²) in [6.45, 7) is 7.10. The van der Waals surface area contributed by atoms with Gasteiger partial charge in [-0.3, -0.25) is 9.59 Å². The van der Waals surface area contributed by atoms with E-state index >= 15 is 0 Å². The highest BCUT2D eigenvalue weighted by molar-refractivity contribution is 6.32. The van der Waals surface area contributed by atoms with Crippen LogP contribution in [0.5, 0.6) is 11.5 Å². The van der Waals surface area contributed by atoms with E-state index in [2.05, 4.69) is 10.6 Å². The van der Waals surface area contributed by atoms with Gasteiger partial charge in [0.15, 0.2) is 11.5 Å². The molecule has 0 atom stereocenters. The fourth-order valence-electron chi connectivity index (χ4n) is 2.61. The molecule has 2 amide bonds. The molecule has 0 aliphatic heterocycles. The second kappa shape index (κ2) is 9.98. The molecule has 2 aromatic carbocycles. The first-order valence-electron chi connectivity index (χ1n) is 9.11. The van der Waals surface area contributed by atoms with E-state index < -0.39 is 0 Å². The number of rotatable bonds is 7. The Morgan fingerprint density at radius 3 is 2.45 bits per heavy atom. The highest BCUT2D eigenvalue weighted by atomic mass is 35.5. The lowest BCUT2D eigenvalue weighted by molar-refractivity contribution is -0.114. The Kier molecular flexibility index (Phi) is 7.67. The van der Waals surface area contributed by atoms with Gasteiger partial charge in [0.05, 0.1) is 18.2 Å². The predicted molar refractivity (Wildman–Crippen MR) is 117 cm³/mol. The Balaban J connectivity index is 2.11. The topological polar surface area (TPSA) is 76.7 Å². The average Bonchev–Trinajstić information content (AvgIpc) is 2.63. The zero-order valence-electron chi connectivity index (χ0n) is 17.1. The van der Waals surface area contributed by atoms with Gasteiger partial charge in [0, 0.05) is 24.4 Å². The third-order valence-electron chi connectivity index (χ3n) is 3.84. The summed E-state index contributed by atoms with van der Waals surface area (Å²) in [5, 5.41) is 5.92. The average molecular weight is 417 g/mol. The summed E-state index contributed by atoms with van der Waals surface area (Å²) < 4.78 is 11.0. The summed E-state index contributed by atoms with van der Waals surface area (Å²) in [6, 6.07) is 8.71. The van der Waals surface area contributed by atoms with E-state index in [1.54, 1.807) is 36.4 Å². The Labute approximate surface area is 175 Å². The number of benzene rings is 2. The lowest BCUT2D eigenvalue weighted by Crippen LogP contribution is -2.10. The van der Waals surface area contributed by atoms with Crippen LogP contribution >= 0.6 is 11.6 Å². The lowest BCUT2D eigenvalue weighted by atomic mass is 10.1. The summed E-state index contributed by atoms with van der Waals surface area (Å²) in [5.41, 5.74) is 2.88. The van der Waals surface area contributed by atoms with E-state index in [1.165, 1.54) is 20.1 Å². The fourth-order valence-corrected chi connectivity index (χ4v) is 2.88. The van der Waals surface area contributed by atoms with Crippen molar-refractivity contribution in [3.8, 4) is 11.5 Å². The molecule has 0 aliphatic carbocycles. The maximum Gasteiger partial charge on any atom is 0.248 e. The van der Waals surface area contributed by atoms with Crippen molar-refractivity contribution in [3.05, 3.63) is 52.6 Å².